The van der Waals surface area contributed by atoms with Crippen LogP contribution in [-0.4, -0.2) is 32.1 Å². The van der Waals surface area contributed by atoms with Gasteiger partial charge in [-0.2, -0.15) is 4.98 Å². The molecule has 0 fully saturated rings. The number of nitrogen functional groups attached to an aromatic ring is 1. The highest BCUT2D eigenvalue weighted by Crippen LogP contribution is 2.28. The number of nitrogens with two attached hydrogens (primary N) is 1. The molecular weight excluding hydrogens is 372 g/mol. The lowest BCUT2D eigenvalue weighted by Crippen LogP contribution is -2.07. The number of carboxylic acids is 2. The van der Waals surface area contributed by atoms with Gasteiger partial charge < -0.3 is 21.3 Å². The fraction of sp³-hybridized carbons (Fsp3) is 0. The molecule has 1 aromatic heterocycles. The van der Waals surface area contributed by atoms with Crippen LogP contribution in [0.1, 0.15) is 20.7 Å². The first-order valence-electron chi connectivity index (χ1n) is 7.52. The molecular formula is C18H15ClN4O4. The lowest BCUT2D eigenvalue weighted by Gasteiger charge is -2.11. The van der Waals surface area contributed by atoms with E-state index in [0.29, 0.717) is 16.8 Å². The molecule has 0 aliphatic heterocycles. The molecule has 0 unspecified atom stereocenters. The van der Waals surface area contributed by atoms with E-state index >= 15 is 0 Å². The van der Waals surface area contributed by atoms with Gasteiger partial charge in [0.25, 0.3) is 0 Å². The van der Waals surface area contributed by atoms with E-state index < -0.39 is 11.9 Å². The van der Waals surface area contributed by atoms with Crippen LogP contribution in [0.3, 0.4) is 0 Å². The van der Waals surface area contributed by atoms with Crippen molar-refractivity contribution in [1.82, 2.24) is 9.97 Å². The second-order valence-electron chi connectivity index (χ2n) is 5.32. The van der Waals surface area contributed by atoms with E-state index in [9.17, 15) is 19.8 Å². The Morgan fingerprint density at radius 3 is 2.11 bits per heavy atom. The van der Waals surface area contributed by atoms with Crippen molar-refractivity contribution in [3.05, 3.63) is 65.9 Å². The predicted molar refractivity (Wildman–Crippen MR) is 103 cm³/mol. The van der Waals surface area contributed by atoms with E-state index in [1.165, 1.54) is 18.3 Å². The third-order valence-electron chi connectivity index (χ3n) is 3.67. The van der Waals surface area contributed by atoms with Crippen LogP contribution in [0.25, 0.3) is 11.1 Å². The Morgan fingerprint density at radius 2 is 1.48 bits per heavy atom. The molecule has 0 atom stereocenters. The number of halogens is 1. The molecule has 3 aromatic rings. The molecule has 27 heavy (non-hydrogen) atoms. The van der Waals surface area contributed by atoms with Gasteiger partial charge in [-0.1, -0.05) is 30.3 Å². The molecule has 0 saturated heterocycles. The molecule has 0 amide bonds. The van der Waals surface area contributed by atoms with Gasteiger partial charge in [0.05, 0.1) is 16.8 Å². The smallest absolute Gasteiger partial charge is 0.337 e. The van der Waals surface area contributed by atoms with E-state index in [-0.39, 0.29) is 35.3 Å². The number of carbonyl (C=O) groups is 2. The summed E-state index contributed by atoms with van der Waals surface area (Å²) in [6, 6.07) is 12.7. The summed E-state index contributed by atoms with van der Waals surface area (Å²) in [7, 11) is 0. The number of para-hydroxylation sites is 1. The van der Waals surface area contributed by atoms with Crippen LogP contribution in [0.4, 0.5) is 17.5 Å². The maximum Gasteiger partial charge on any atom is 0.337 e. The molecule has 0 aliphatic carbocycles. The molecule has 0 radical (unpaired) electrons. The van der Waals surface area contributed by atoms with E-state index in [4.69, 9.17) is 5.73 Å². The second-order valence-corrected chi connectivity index (χ2v) is 5.32. The van der Waals surface area contributed by atoms with Gasteiger partial charge in [0, 0.05) is 17.3 Å². The fourth-order valence-electron chi connectivity index (χ4n) is 2.47. The molecule has 5 N–H and O–H groups in total. The molecule has 0 saturated carbocycles. The fourth-order valence-corrected chi connectivity index (χ4v) is 2.47. The Labute approximate surface area is 160 Å². The van der Waals surface area contributed by atoms with Crippen LogP contribution in [0, 0.1) is 0 Å². The van der Waals surface area contributed by atoms with Crippen LogP contribution in [0.2, 0.25) is 0 Å². The normalized spacial score (nSPS) is 9.93. The molecule has 0 aliphatic rings. The minimum Gasteiger partial charge on any atom is -0.478 e. The van der Waals surface area contributed by atoms with Gasteiger partial charge in [0.2, 0.25) is 5.95 Å². The van der Waals surface area contributed by atoms with Crippen molar-refractivity contribution in [2.75, 3.05) is 11.1 Å². The third-order valence-corrected chi connectivity index (χ3v) is 3.67. The maximum absolute atomic E-state index is 11.4. The van der Waals surface area contributed by atoms with Crippen LogP contribution in [-0.2, 0) is 0 Å². The third kappa shape index (κ3) is 4.13. The van der Waals surface area contributed by atoms with Gasteiger partial charge in [-0.25, -0.2) is 14.6 Å². The number of benzene rings is 2. The van der Waals surface area contributed by atoms with Crippen molar-refractivity contribution >= 4 is 41.8 Å². The van der Waals surface area contributed by atoms with Crippen LogP contribution < -0.4 is 11.1 Å². The number of aromatic nitrogens is 2. The Morgan fingerprint density at radius 1 is 0.889 bits per heavy atom. The summed E-state index contributed by atoms with van der Waals surface area (Å²) < 4.78 is 0. The summed E-state index contributed by atoms with van der Waals surface area (Å²) in [4.78, 5) is 30.9. The van der Waals surface area contributed by atoms with E-state index in [1.807, 2.05) is 0 Å². The second kappa shape index (κ2) is 8.15. The van der Waals surface area contributed by atoms with Crippen LogP contribution >= 0.6 is 12.4 Å². The highest BCUT2D eigenvalue weighted by atomic mass is 35.5. The largest absolute Gasteiger partial charge is 0.478 e. The number of nitrogens with one attached hydrogen (secondary N) is 1. The molecule has 3 rings (SSSR count). The minimum absolute atomic E-state index is 0. The van der Waals surface area contributed by atoms with Crippen LogP contribution in [0.15, 0.2) is 54.7 Å². The maximum atomic E-state index is 11.4. The van der Waals surface area contributed by atoms with Gasteiger partial charge in [-0.3, -0.25) is 0 Å². The van der Waals surface area contributed by atoms with Crippen LogP contribution in [0.5, 0.6) is 0 Å². The zero-order valence-electron chi connectivity index (χ0n) is 13.8. The predicted octanol–water partition coefficient (Wildman–Crippen LogP) is 3.29. The Balaban J connectivity index is 0.00000261. The number of rotatable bonds is 5. The first kappa shape index (κ1) is 19.7. The number of carboxylic acid groups (broad SMARTS) is 2. The van der Waals surface area contributed by atoms with Gasteiger partial charge in [-0.05, 0) is 18.2 Å². The van der Waals surface area contributed by atoms with E-state index in [1.54, 1.807) is 36.4 Å². The van der Waals surface area contributed by atoms with E-state index in [0.717, 1.165) is 0 Å². The quantitative estimate of drug-likeness (QED) is 0.524. The number of anilines is 3. The lowest BCUT2D eigenvalue weighted by molar-refractivity contribution is 0.0687. The standard InChI is InChI=1S/C18H14N4O4.ClH/c19-15-13(10-5-1-2-6-11(10)16(23)24)9-20-18(22-15)21-14-8-4-3-7-12(14)17(25)26;/h1-9H,(H,23,24)(H,25,26)(H3,19,20,21,22);1H. The molecule has 8 nitrogen and oxygen atoms in total. The van der Waals surface area contributed by atoms with Crippen molar-refractivity contribution in [2.45, 2.75) is 0 Å². The van der Waals surface area contributed by atoms with Crippen molar-refractivity contribution in [3.63, 3.8) is 0 Å². The zero-order valence-corrected chi connectivity index (χ0v) is 14.6. The average molecular weight is 387 g/mol. The summed E-state index contributed by atoms with van der Waals surface area (Å²) in [5.41, 5.74) is 7.21. The van der Waals surface area contributed by atoms with Crippen molar-refractivity contribution < 1.29 is 19.8 Å². The van der Waals surface area contributed by atoms with Gasteiger partial charge in [0.1, 0.15) is 5.82 Å². The number of hydrogen-bond acceptors (Lipinski definition) is 6. The van der Waals surface area contributed by atoms with Crippen molar-refractivity contribution in [3.8, 4) is 11.1 Å². The summed E-state index contributed by atoms with van der Waals surface area (Å²) in [6.07, 6.45) is 1.40. The van der Waals surface area contributed by atoms with Gasteiger partial charge in [-0.15, -0.1) is 12.4 Å². The number of nitrogens with zero attached hydrogens (tertiary/aromatic N) is 2. The summed E-state index contributed by atoms with van der Waals surface area (Å²) >= 11 is 0. The van der Waals surface area contributed by atoms with Gasteiger partial charge >= 0.3 is 11.9 Å². The average Bonchev–Trinajstić information content (AvgIpc) is 2.62. The molecule has 1 heterocycles. The monoisotopic (exact) mass is 386 g/mol. The SMILES string of the molecule is Cl.Nc1nc(Nc2ccccc2C(=O)O)ncc1-c1ccccc1C(=O)O. The summed E-state index contributed by atoms with van der Waals surface area (Å²) in [5.74, 6) is -2.00. The Kier molecular flexibility index (Phi) is 5.94. The Bertz CT molecular complexity index is 1010. The van der Waals surface area contributed by atoms with Crippen molar-refractivity contribution in [1.29, 1.82) is 0 Å². The minimum atomic E-state index is -1.09. The number of aromatic carboxylic acids is 2. The molecule has 0 spiro atoms. The van der Waals surface area contributed by atoms with Crippen molar-refractivity contribution in [2.24, 2.45) is 0 Å². The zero-order chi connectivity index (χ0) is 18.7. The summed E-state index contributed by atoms with van der Waals surface area (Å²) in [5, 5.41) is 21.3. The number of hydrogen-bond donors (Lipinski definition) is 4. The molecule has 0 bridgehead atoms. The molecule has 138 valence electrons. The molecule has 2 aromatic carbocycles. The first-order valence-corrected chi connectivity index (χ1v) is 7.52. The highest BCUT2D eigenvalue weighted by Gasteiger charge is 2.16. The first-order chi connectivity index (χ1) is 12.5. The summed E-state index contributed by atoms with van der Waals surface area (Å²) in [6.45, 7) is 0. The topological polar surface area (TPSA) is 138 Å². The molecule has 9 heteroatoms. The Hall–Kier alpha value is -3.65. The highest BCUT2D eigenvalue weighted by molar-refractivity contribution is 5.97. The lowest BCUT2D eigenvalue weighted by atomic mass is 10.0. The van der Waals surface area contributed by atoms with E-state index in [2.05, 4.69) is 15.3 Å². The van der Waals surface area contributed by atoms with Gasteiger partial charge in [0.15, 0.2) is 0 Å².